The van der Waals surface area contributed by atoms with E-state index in [9.17, 15) is 8.78 Å². The topological polar surface area (TPSA) is 9.23 Å². The molecule has 0 heterocycles. The number of fused-ring (bicyclic) bond motifs is 1. The Labute approximate surface area is 115 Å². The lowest BCUT2D eigenvalue weighted by Gasteiger charge is -2.07. The molecule has 0 aromatic heterocycles. The zero-order valence-corrected chi connectivity index (χ0v) is 10.9. The lowest BCUT2D eigenvalue weighted by Crippen LogP contribution is -1.87. The second-order valence-corrected chi connectivity index (χ2v) is 4.55. The van der Waals surface area contributed by atoms with Gasteiger partial charge in [-0.05, 0) is 46.7 Å². The molecule has 1 nitrogen and oxygen atoms in total. The first-order valence-corrected chi connectivity index (χ1v) is 6.20. The Bertz CT molecular complexity index is 781. The minimum atomic E-state index is -0.572. The van der Waals surface area contributed by atoms with Crippen LogP contribution in [0.25, 0.3) is 21.9 Å². The van der Waals surface area contributed by atoms with E-state index in [0.717, 1.165) is 28.2 Å². The first-order chi connectivity index (χ1) is 9.67. The van der Waals surface area contributed by atoms with Gasteiger partial charge in [-0.3, -0.25) is 0 Å². The van der Waals surface area contributed by atoms with E-state index >= 15 is 0 Å². The summed E-state index contributed by atoms with van der Waals surface area (Å²) < 4.78 is 31.9. The van der Waals surface area contributed by atoms with E-state index in [1.165, 1.54) is 12.1 Å². The Morgan fingerprint density at radius 1 is 0.800 bits per heavy atom. The second kappa shape index (κ2) is 4.93. The molecular formula is C17H12F2O. The molecule has 0 fully saturated rings. The third-order valence-corrected chi connectivity index (χ3v) is 3.29. The number of ether oxygens (including phenoxy) is 1. The van der Waals surface area contributed by atoms with Gasteiger partial charge < -0.3 is 4.74 Å². The van der Waals surface area contributed by atoms with Gasteiger partial charge >= 0.3 is 0 Å². The predicted molar refractivity (Wildman–Crippen MR) is 75.9 cm³/mol. The zero-order chi connectivity index (χ0) is 14.1. The van der Waals surface area contributed by atoms with Crippen LogP contribution in [-0.4, -0.2) is 7.11 Å². The molecule has 0 aliphatic rings. The summed E-state index contributed by atoms with van der Waals surface area (Å²) in [5.74, 6) is -0.354. The molecule has 0 saturated heterocycles. The summed E-state index contributed by atoms with van der Waals surface area (Å²) in [5.41, 5.74) is 1.12. The molecule has 0 saturated carbocycles. The van der Waals surface area contributed by atoms with Crippen molar-refractivity contribution in [1.82, 2.24) is 0 Å². The van der Waals surface area contributed by atoms with E-state index in [4.69, 9.17) is 4.74 Å². The van der Waals surface area contributed by atoms with Gasteiger partial charge in [-0.15, -0.1) is 0 Å². The maximum absolute atomic E-state index is 13.8. The molecule has 100 valence electrons. The first kappa shape index (κ1) is 12.6. The minimum Gasteiger partial charge on any atom is -0.497 e. The molecule has 20 heavy (non-hydrogen) atoms. The van der Waals surface area contributed by atoms with Crippen LogP contribution in [0.5, 0.6) is 5.75 Å². The highest BCUT2D eigenvalue weighted by molar-refractivity contribution is 5.88. The molecule has 0 spiro atoms. The van der Waals surface area contributed by atoms with Gasteiger partial charge in [0.2, 0.25) is 0 Å². The Balaban J connectivity index is 2.13. The van der Waals surface area contributed by atoms with Crippen molar-refractivity contribution in [3.63, 3.8) is 0 Å². The number of halogens is 2. The molecule has 0 unspecified atom stereocenters. The first-order valence-electron chi connectivity index (χ1n) is 6.20. The molecule has 0 bridgehead atoms. The van der Waals surface area contributed by atoms with Gasteiger partial charge in [-0.1, -0.05) is 18.2 Å². The minimum absolute atomic E-state index is 0.393. The monoisotopic (exact) mass is 270 g/mol. The summed E-state index contributed by atoms with van der Waals surface area (Å²) in [7, 11) is 1.61. The van der Waals surface area contributed by atoms with E-state index in [0.29, 0.717) is 5.56 Å². The Hall–Kier alpha value is -2.42. The van der Waals surface area contributed by atoms with Crippen LogP contribution < -0.4 is 4.74 Å². The fraction of sp³-hybridized carbons (Fsp3) is 0.0588. The number of hydrogen-bond acceptors (Lipinski definition) is 1. The van der Waals surface area contributed by atoms with Crippen LogP contribution in [0.15, 0.2) is 54.6 Å². The van der Waals surface area contributed by atoms with Gasteiger partial charge in [0.15, 0.2) is 0 Å². The van der Waals surface area contributed by atoms with Crippen LogP contribution in [0.2, 0.25) is 0 Å². The summed E-state index contributed by atoms with van der Waals surface area (Å²) >= 11 is 0. The van der Waals surface area contributed by atoms with Crippen molar-refractivity contribution in [3.8, 4) is 16.9 Å². The predicted octanol–water partition coefficient (Wildman–Crippen LogP) is 4.79. The van der Waals surface area contributed by atoms with Crippen molar-refractivity contribution in [3.05, 3.63) is 66.2 Å². The average Bonchev–Trinajstić information content (AvgIpc) is 2.46. The Morgan fingerprint density at radius 3 is 2.30 bits per heavy atom. The van der Waals surface area contributed by atoms with Crippen molar-refractivity contribution in [2.75, 3.05) is 7.11 Å². The molecule has 0 aliphatic carbocycles. The summed E-state index contributed by atoms with van der Waals surface area (Å²) in [6.07, 6.45) is 0. The van der Waals surface area contributed by atoms with Crippen LogP contribution >= 0.6 is 0 Å². The van der Waals surface area contributed by atoms with Gasteiger partial charge in [0, 0.05) is 11.6 Å². The van der Waals surface area contributed by atoms with Crippen LogP contribution in [0.4, 0.5) is 8.78 Å². The number of benzene rings is 3. The van der Waals surface area contributed by atoms with Gasteiger partial charge in [0.1, 0.15) is 17.4 Å². The van der Waals surface area contributed by atoms with Gasteiger partial charge in [0.05, 0.1) is 7.11 Å². The number of hydrogen-bond donors (Lipinski definition) is 0. The maximum Gasteiger partial charge on any atom is 0.133 e. The van der Waals surface area contributed by atoms with Crippen LogP contribution in [0.3, 0.4) is 0 Å². The van der Waals surface area contributed by atoms with Crippen molar-refractivity contribution >= 4 is 10.8 Å². The summed E-state index contributed by atoms with van der Waals surface area (Å²) in [6, 6.07) is 14.9. The summed E-state index contributed by atoms with van der Waals surface area (Å²) in [5, 5.41) is 1.99. The average molecular weight is 270 g/mol. The summed E-state index contributed by atoms with van der Waals surface area (Å²) in [4.78, 5) is 0. The van der Waals surface area contributed by atoms with Crippen LogP contribution in [0.1, 0.15) is 0 Å². The van der Waals surface area contributed by atoms with E-state index < -0.39 is 11.6 Å². The molecule has 0 atom stereocenters. The molecule has 0 N–H and O–H groups in total. The van der Waals surface area contributed by atoms with Crippen molar-refractivity contribution < 1.29 is 13.5 Å². The highest BCUT2D eigenvalue weighted by Crippen LogP contribution is 2.28. The lowest BCUT2D eigenvalue weighted by molar-refractivity contribution is 0.415. The largest absolute Gasteiger partial charge is 0.497 e. The highest BCUT2D eigenvalue weighted by atomic mass is 19.1. The molecule has 3 aromatic rings. The number of methoxy groups -OCH3 is 1. The van der Waals surface area contributed by atoms with E-state index in [1.54, 1.807) is 7.11 Å². The highest BCUT2D eigenvalue weighted by Gasteiger charge is 2.07. The van der Waals surface area contributed by atoms with E-state index in [-0.39, 0.29) is 0 Å². The van der Waals surface area contributed by atoms with Crippen LogP contribution in [0, 0.1) is 11.6 Å². The molecule has 3 aromatic carbocycles. The quantitative estimate of drug-likeness (QED) is 0.650. The molecule has 0 radical (unpaired) electrons. The van der Waals surface area contributed by atoms with Crippen LogP contribution in [-0.2, 0) is 0 Å². The van der Waals surface area contributed by atoms with E-state index in [1.807, 2.05) is 36.4 Å². The zero-order valence-electron chi connectivity index (χ0n) is 10.9. The van der Waals surface area contributed by atoms with Crippen molar-refractivity contribution in [2.24, 2.45) is 0 Å². The molecule has 0 aliphatic heterocycles. The maximum atomic E-state index is 13.8. The molecule has 3 rings (SSSR count). The third kappa shape index (κ3) is 2.23. The van der Waals surface area contributed by atoms with Gasteiger partial charge in [-0.2, -0.15) is 0 Å². The fourth-order valence-electron chi connectivity index (χ4n) is 2.24. The SMILES string of the molecule is COc1ccc2cc(-c3ccc(F)cc3F)ccc2c1. The fourth-order valence-corrected chi connectivity index (χ4v) is 2.24. The molecular weight excluding hydrogens is 258 g/mol. The van der Waals surface area contributed by atoms with Gasteiger partial charge in [0.25, 0.3) is 0 Å². The Kier molecular flexibility index (Phi) is 3.11. The van der Waals surface area contributed by atoms with Crippen molar-refractivity contribution in [2.45, 2.75) is 0 Å². The van der Waals surface area contributed by atoms with E-state index in [2.05, 4.69) is 0 Å². The smallest absolute Gasteiger partial charge is 0.133 e. The standard InChI is InChI=1S/C17H12F2O/c1-20-15-6-4-11-8-13(3-2-12(11)9-15)16-7-5-14(18)10-17(16)19/h2-10H,1H3. The second-order valence-electron chi connectivity index (χ2n) is 4.55. The summed E-state index contributed by atoms with van der Waals surface area (Å²) in [6.45, 7) is 0. The molecule has 0 amide bonds. The molecule has 3 heteroatoms. The Morgan fingerprint density at radius 2 is 1.55 bits per heavy atom. The van der Waals surface area contributed by atoms with Crippen molar-refractivity contribution in [1.29, 1.82) is 0 Å². The number of rotatable bonds is 2. The third-order valence-electron chi connectivity index (χ3n) is 3.29. The normalized spacial score (nSPS) is 10.8. The van der Waals surface area contributed by atoms with Gasteiger partial charge in [-0.25, -0.2) is 8.78 Å². The lowest BCUT2D eigenvalue weighted by atomic mass is 10.0.